The molecule has 0 spiro atoms. The number of likely N-dealkylation sites (N-methyl/N-ethyl adjacent to an activating group) is 2. The molecular weight excluding hydrogens is 536 g/mol. The first-order valence-electron chi connectivity index (χ1n) is 12.2. The molecule has 1 amide bonds. The number of rotatable bonds is 8. The van der Waals surface area contributed by atoms with Crippen LogP contribution in [0.1, 0.15) is 31.5 Å². The summed E-state index contributed by atoms with van der Waals surface area (Å²) in [6, 6.07) is 1.80. The van der Waals surface area contributed by atoms with Gasteiger partial charge in [-0.1, -0.05) is 0 Å². The minimum Gasteiger partial charge on any atom is -0.478 e. The third-order valence-electron chi connectivity index (χ3n) is 7.34. The van der Waals surface area contributed by atoms with Crippen LogP contribution in [0, 0.1) is 11.6 Å². The van der Waals surface area contributed by atoms with Crippen LogP contribution in [-0.4, -0.2) is 103 Å². The minimum atomic E-state index is -4.38. The van der Waals surface area contributed by atoms with Gasteiger partial charge in [0.15, 0.2) is 5.82 Å². The van der Waals surface area contributed by atoms with Gasteiger partial charge in [-0.3, -0.25) is 9.89 Å². The van der Waals surface area contributed by atoms with Crippen molar-refractivity contribution in [2.75, 3.05) is 46.2 Å². The molecule has 0 bridgehead atoms. The van der Waals surface area contributed by atoms with Gasteiger partial charge in [0, 0.05) is 37.2 Å². The predicted octanol–water partition coefficient (Wildman–Crippen LogP) is 0.727. The Morgan fingerprint density at radius 1 is 1.18 bits per heavy atom. The van der Waals surface area contributed by atoms with E-state index in [9.17, 15) is 31.9 Å². The van der Waals surface area contributed by atoms with Crippen LogP contribution in [0.2, 0.25) is 0 Å². The lowest BCUT2D eigenvalue weighted by molar-refractivity contribution is -0.147. The van der Waals surface area contributed by atoms with Crippen molar-refractivity contribution >= 4 is 27.7 Å². The van der Waals surface area contributed by atoms with Crippen LogP contribution >= 0.6 is 0 Å². The van der Waals surface area contributed by atoms with Gasteiger partial charge in [-0.25, -0.2) is 22.0 Å². The minimum absolute atomic E-state index is 0.0442. The first-order chi connectivity index (χ1) is 18.0. The van der Waals surface area contributed by atoms with Crippen LogP contribution in [0.25, 0.3) is 0 Å². The monoisotopic (exact) mass is 569 g/mol. The number of benzene rings is 1. The molecule has 1 aromatic heterocycles. The molecule has 12 nitrogen and oxygen atoms in total. The zero-order valence-corrected chi connectivity index (χ0v) is 23.4. The molecule has 3 N–H and O–H groups in total. The van der Waals surface area contributed by atoms with Gasteiger partial charge in [0.05, 0.1) is 22.7 Å². The number of sulfonamides is 1. The van der Waals surface area contributed by atoms with E-state index in [-0.39, 0.29) is 37.9 Å². The third-order valence-corrected chi connectivity index (χ3v) is 9.33. The molecule has 1 fully saturated rings. The second-order valence-electron chi connectivity index (χ2n) is 11.0. The van der Waals surface area contributed by atoms with Crippen molar-refractivity contribution in [2.45, 2.75) is 49.0 Å². The highest BCUT2D eigenvalue weighted by molar-refractivity contribution is 7.89. The van der Waals surface area contributed by atoms with Crippen molar-refractivity contribution in [1.29, 1.82) is 0 Å². The smallest absolute Gasteiger partial charge is 0.350 e. The number of carboxylic acids is 1. The fourth-order valence-corrected chi connectivity index (χ4v) is 7.09. The first-order valence-corrected chi connectivity index (χ1v) is 13.6. The molecule has 2 aromatic rings. The number of hydrogen-bond acceptors (Lipinski definition) is 8. The molecule has 2 aliphatic heterocycles. The second kappa shape index (κ2) is 9.80. The van der Waals surface area contributed by atoms with Crippen molar-refractivity contribution in [2.24, 2.45) is 0 Å². The quantitative estimate of drug-likeness (QED) is 0.419. The van der Waals surface area contributed by atoms with E-state index in [1.54, 1.807) is 46.9 Å². The van der Waals surface area contributed by atoms with E-state index in [0.29, 0.717) is 17.3 Å². The van der Waals surface area contributed by atoms with E-state index in [1.807, 2.05) is 4.90 Å². The van der Waals surface area contributed by atoms with E-state index < -0.39 is 49.6 Å². The van der Waals surface area contributed by atoms with E-state index in [4.69, 9.17) is 0 Å². The summed E-state index contributed by atoms with van der Waals surface area (Å²) in [5.41, 5.74) is -2.26. The number of nitrogens with zero attached hydrogens (tertiary/aromatic N) is 5. The highest BCUT2D eigenvalue weighted by atomic mass is 32.2. The number of anilines is 1. The molecule has 2 aliphatic rings. The Kier molecular flexibility index (Phi) is 7.25. The molecule has 1 saturated heterocycles. The maximum atomic E-state index is 13.9. The summed E-state index contributed by atoms with van der Waals surface area (Å²) in [6.45, 7) is 3.13. The SMILES string of the molecule is CN(C)CC(=O)NC1(C(=O)O)CC(N(C)C)CN1c1n[nH]c2c1CN(S(=O)(=O)c1cc(F)cc(F)c1)C2(C)C. The Hall–Kier alpha value is -3.14. The number of fused-ring (bicyclic) bond motifs is 1. The number of aliphatic carboxylic acids is 1. The molecule has 2 unspecified atom stereocenters. The lowest BCUT2D eigenvalue weighted by Crippen LogP contribution is -2.64. The fourth-order valence-electron chi connectivity index (χ4n) is 5.32. The summed E-state index contributed by atoms with van der Waals surface area (Å²) in [5, 5.41) is 20.4. The van der Waals surface area contributed by atoms with Gasteiger partial charge < -0.3 is 25.1 Å². The number of halogens is 2. The van der Waals surface area contributed by atoms with Gasteiger partial charge in [-0.15, -0.1) is 0 Å². The molecule has 0 saturated carbocycles. The number of aromatic amines is 1. The summed E-state index contributed by atoms with van der Waals surface area (Å²) in [5.74, 6) is -3.67. The largest absolute Gasteiger partial charge is 0.478 e. The lowest BCUT2D eigenvalue weighted by atomic mass is 10.0. The Balaban J connectivity index is 1.79. The number of H-pyrrole nitrogens is 1. The van der Waals surface area contributed by atoms with Crippen molar-refractivity contribution in [1.82, 2.24) is 29.6 Å². The number of aromatic nitrogens is 2. The predicted molar refractivity (Wildman–Crippen MR) is 137 cm³/mol. The molecule has 2 atom stereocenters. The van der Waals surface area contributed by atoms with Gasteiger partial charge >= 0.3 is 5.97 Å². The number of carbonyl (C=O) groups is 2. The number of nitrogens with one attached hydrogen (secondary N) is 2. The van der Waals surface area contributed by atoms with Gasteiger partial charge in [0.2, 0.25) is 21.6 Å². The maximum absolute atomic E-state index is 13.9. The van der Waals surface area contributed by atoms with Crippen LogP contribution in [0.5, 0.6) is 0 Å². The second-order valence-corrected chi connectivity index (χ2v) is 12.8. The zero-order chi connectivity index (χ0) is 29.1. The van der Waals surface area contributed by atoms with Crippen molar-refractivity contribution in [3.8, 4) is 0 Å². The van der Waals surface area contributed by atoms with E-state index in [1.165, 1.54) is 4.90 Å². The molecule has 3 heterocycles. The molecule has 1 aromatic carbocycles. The average molecular weight is 570 g/mol. The van der Waals surface area contributed by atoms with Crippen LogP contribution in [0.15, 0.2) is 23.1 Å². The van der Waals surface area contributed by atoms with Crippen LogP contribution in [-0.2, 0) is 31.7 Å². The average Bonchev–Trinajstić information content (AvgIpc) is 3.45. The molecule has 214 valence electrons. The summed E-state index contributed by atoms with van der Waals surface area (Å²) in [4.78, 5) is 30.0. The van der Waals surface area contributed by atoms with E-state index in [0.717, 1.165) is 16.4 Å². The Labute approximate surface area is 225 Å². The Morgan fingerprint density at radius 3 is 2.33 bits per heavy atom. The standard InChI is InChI=1S/C24H33F2N7O5S/c1-23(2)20-18(12-33(23)39(37,38)17-8-14(25)7-15(26)9-17)21(29-28-20)32-11-16(31(5)6)10-24(32,22(35)36)27-19(34)13-30(3)4/h7-9,16H,10-13H2,1-6H3,(H,27,34)(H,28,29)(H,35,36). The topological polar surface area (TPSA) is 142 Å². The van der Waals surface area contributed by atoms with Crippen molar-refractivity contribution < 1.29 is 31.9 Å². The van der Waals surface area contributed by atoms with Crippen LogP contribution < -0.4 is 10.2 Å². The zero-order valence-electron chi connectivity index (χ0n) is 22.6. The number of carbonyl (C=O) groups excluding carboxylic acids is 1. The first kappa shape index (κ1) is 28.9. The molecule has 15 heteroatoms. The molecule has 0 aliphatic carbocycles. The van der Waals surface area contributed by atoms with E-state index >= 15 is 0 Å². The van der Waals surface area contributed by atoms with Crippen molar-refractivity contribution in [3.63, 3.8) is 0 Å². The lowest BCUT2D eigenvalue weighted by Gasteiger charge is -2.36. The van der Waals surface area contributed by atoms with Gasteiger partial charge in [-0.05, 0) is 54.2 Å². The van der Waals surface area contributed by atoms with Crippen LogP contribution in [0.3, 0.4) is 0 Å². The van der Waals surface area contributed by atoms with Crippen LogP contribution in [0.4, 0.5) is 14.6 Å². The third kappa shape index (κ3) is 4.88. The number of hydrogen-bond donors (Lipinski definition) is 3. The highest BCUT2D eigenvalue weighted by Gasteiger charge is 2.57. The number of amides is 1. The molecule has 4 rings (SSSR count). The molecule has 0 radical (unpaired) electrons. The Bertz CT molecular complexity index is 1390. The highest BCUT2D eigenvalue weighted by Crippen LogP contribution is 2.46. The molecule has 39 heavy (non-hydrogen) atoms. The fraction of sp³-hybridized carbons (Fsp3) is 0.542. The summed E-state index contributed by atoms with van der Waals surface area (Å²) >= 11 is 0. The molecular formula is C24H33F2N7O5S. The normalized spacial score (nSPS) is 23.0. The Morgan fingerprint density at radius 2 is 1.79 bits per heavy atom. The summed E-state index contributed by atoms with van der Waals surface area (Å²) < 4.78 is 56.0. The number of carboxylic acid groups (broad SMARTS) is 1. The summed E-state index contributed by atoms with van der Waals surface area (Å²) in [7, 11) is 2.58. The van der Waals surface area contributed by atoms with Crippen molar-refractivity contribution in [3.05, 3.63) is 41.1 Å². The maximum Gasteiger partial charge on any atom is 0.350 e. The van der Waals surface area contributed by atoms with E-state index in [2.05, 4.69) is 15.5 Å². The summed E-state index contributed by atoms with van der Waals surface area (Å²) in [6.07, 6.45) is 0.0457. The van der Waals surface area contributed by atoms with Gasteiger partial charge in [0.25, 0.3) is 0 Å². The van der Waals surface area contributed by atoms with Gasteiger partial charge in [-0.2, -0.15) is 9.40 Å². The van der Waals surface area contributed by atoms with Gasteiger partial charge in [0.1, 0.15) is 11.6 Å².